The van der Waals surface area contributed by atoms with Gasteiger partial charge in [-0.05, 0) is 40.9 Å². The van der Waals surface area contributed by atoms with Gasteiger partial charge < -0.3 is 5.11 Å². The van der Waals surface area contributed by atoms with Crippen LogP contribution in [0.3, 0.4) is 0 Å². The molecule has 1 fully saturated rings. The maximum Gasteiger partial charge on any atom is 0.0736 e. The SMILES string of the molecule is O[C@@H]1CN(Cc2ccncc2Cl)CC[C@H]1c1ccc2ccccc2c1. The summed E-state index contributed by atoms with van der Waals surface area (Å²) >= 11 is 6.21. The zero-order valence-electron chi connectivity index (χ0n) is 14.0. The van der Waals surface area contributed by atoms with E-state index in [4.69, 9.17) is 11.6 Å². The molecule has 1 N–H and O–H groups in total. The number of hydrogen-bond acceptors (Lipinski definition) is 3. The molecular formula is C21H21ClN2O. The smallest absolute Gasteiger partial charge is 0.0736 e. The Morgan fingerprint density at radius 1 is 1.12 bits per heavy atom. The van der Waals surface area contributed by atoms with Gasteiger partial charge in [0.25, 0.3) is 0 Å². The van der Waals surface area contributed by atoms with Crippen LogP contribution in [-0.2, 0) is 6.54 Å². The normalized spacial score (nSPS) is 21.5. The molecule has 0 bridgehead atoms. The molecule has 3 aromatic rings. The van der Waals surface area contributed by atoms with Gasteiger partial charge in [-0.15, -0.1) is 0 Å². The van der Waals surface area contributed by atoms with Crippen molar-refractivity contribution >= 4 is 22.4 Å². The van der Waals surface area contributed by atoms with E-state index in [1.54, 1.807) is 12.4 Å². The molecule has 4 heteroatoms. The van der Waals surface area contributed by atoms with Gasteiger partial charge in [0.1, 0.15) is 0 Å². The first kappa shape index (κ1) is 16.5. The van der Waals surface area contributed by atoms with Crippen molar-refractivity contribution in [3.05, 3.63) is 77.1 Å². The Morgan fingerprint density at radius 2 is 1.96 bits per heavy atom. The van der Waals surface area contributed by atoms with E-state index in [1.807, 2.05) is 6.07 Å². The second-order valence-electron chi connectivity index (χ2n) is 6.77. The number of pyridine rings is 1. The number of piperidine rings is 1. The Morgan fingerprint density at radius 3 is 2.76 bits per heavy atom. The second kappa shape index (κ2) is 7.12. The fraction of sp³-hybridized carbons (Fsp3) is 0.286. The lowest BCUT2D eigenvalue weighted by molar-refractivity contribution is 0.0477. The van der Waals surface area contributed by atoms with E-state index in [0.717, 1.165) is 25.1 Å². The summed E-state index contributed by atoms with van der Waals surface area (Å²) in [5.41, 5.74) is 2.29. The number of hydrogen-bond donors (Lipinski definition) is 1. The van der Waals surface area contributed by atoms with Gasteiger partial charge in [0, 0.05) is 31.4 Å². The number of aliphatic hydroxyl groups excluding tert-OH is 1. The zero-order chi connectivity index (χ0) is 17.2. The maximum atomic E-state index is 10.7. The lowest BCUT2D eigenvalue weighted by Crippen LogP contribution is -2.42. The maximum absolute atomic E-state index is 10.7. The summed E-state index contributed by atoms with van der Waals surface area (Å²) < 4.78 is 0. The van der Waals surface area contributed by atoms with Crippen LogP contribution < -0.4 is 0 Å². The van der Waals surface area contributed by atoms with Crippen LogP contribution in [0.25, 0.3) is 10.8 Å². The molecule has 25 heavy (non-hydrogen) atoms. The van der Waals surface area contributed by atoms with Crippen LogP contribution in [0.5, 0.6) is 0 Å². The topological polar surface area (TPSA) is 36.4 Å². The molecule has 4 rings (SSSR count). The lowest BCUT2D eigenvalue weighted by Gasteiger charge is -2.36. The molecule has 128 valence electrons. The summed E-state index contributed by atoms with van der Waals surface area (Å²) in [6.07, 6.45) is 4.02. The van der Waals surface area contributed by atoms with Gasteiger partial charge in [0.05, 0.1) is 11.1 Å². The predicted octanol–water partition coefficient (Wildman–Crippen LogP) is 4.24. The Kier molecular flexibility index (Phi) is 4.71. The fourth-order valence-corrected chi connectivity index (χ4v) is 3.92. The van der Waals surface area contributed by atoms with Crippen LogP contribution in [-0.4, -0.2) is 34.2 Å². The number of nitrogens with zero attached hydrogens (tertiary/aromatic N) is 2. The fourth-order valence-electron chi connectivity index (χ4n) is 3.74. The molecule has 0 amide bonds. The molecule has 1 saturated heterocycles. The summed E-state index contributed by atoms with van der Waals surface area (Å²) in [7, 11) is 0. The van der Waals surface area contributed by atoms with Crippen molar-refractivity contribution < 1.29 is 5.11 Å². The van der Waals surface area contributed by atoms with Crippen molar-refractivity contribution in [2.45, 2.75) is 25.0 Å². The van der Waals surface area contributed by atoms with Gasteiger partial charge in [-0.2, -0.15) is 0 Å². The van der Waals surface area contributed by atoms with Gasteiger partial charge in [-0.3, -0.25) is 9.88 Å². The number of fused-ring (bicyclic) bond motifs is 1. The van der Waals surface area contributed by atoms with E-state index in [-0.39, 0.29) is 12.0 Å². The first-order chi connectivity index (χ1) is 12.2. The highest BCUT2D eigenvalue weighted by molar-refractivity contribution is 6.31. The second-order valence-corrected chi connectivity index (χ2v) is 7.18. The van der Waals surface area contributed by atoms with Crippen molar-refractivity contribution in [2.75, 3.05) is 13.1 Å². The van der Waals surface area contributed by atoms with E-state index in [9.17, 15) is 5.11 Å². The third-order valence-electron chi connectivity index (χ3n) is 5.12. The highest BCUT2D eigenvalue weighted by atomic mass is 35.5. The Labute approximate surface area is 152 Å². The lowest BCUT2D eigenvalue weighted by atomic mass is 9.86. The molecule has 0 unspecified atom stereocenters. The van der Waals surface area contributed by atoms with Crippen LogP contribution in [0.4, 0.5) is 0 Å². The van der Waals surface area contributed by atoms with Crippen LogP contribution >= 0.6 is 11.6 Å². The standard InChI is InChI=1S/C21H21ClN2O/c22-20-12-23-9-7-18(20)13-24-10-8-19(21(25)14-24)17-6-5-15-3-1-2-4-16(15)11-17/h1-7,9,11-12,19,21,25H,8,10,13-14H2/t19-,21+/m0/s1. The number of β-amino-alcohol motifs (C(OH)–C–C–N with tert-alkyl or cyclic N) is 1. The minimum atomic E-state index is -0.365. The first-order valence-electron chi connectivity index (χ1n) is 8.68. The van der Waals surface area contributed by atoms with E-state index in [1.165, 1.54) is 16.3 Å². The first-order valence-corrected chi connectivity index (χ1v) is 9.06. The molecule has 1 aromatic heterocycles. The average molecular weight is 353 g/mol. The third kappa shape index (κ3) is 3.54. The Hall–Kier alpha value is -1.94. The number of likely N-dealkylation sites (tertiary alicyclic amines) is 1. The number of benzene rings is 2. The van der Waals surface area contributed by atoms with Gasteiger partial charge in [-0.25, -0.2) is 0 Å². The molecule has 1 aliphatic heterocycles. The number of aliphatic hydroxyl groups is 1. The minimum absolute atomic E-state index is 0.189. The number of halogens is 1. The Bertz CT molecular complexity index is 882. The van der Waals surface area contributed by atoms with Crippen molar-refractivity contribution in [3.8, 4) is 0 Å². The summed E-state index contributed by atoms with van der Waals surface area (Å²) in [5, 5.41) is 13.9. The number of rotatable bonds is 3. The van der Waals surface area contributed by atoms with Crippen molar-refractivity contribution in [1.82, 2.24) is 9.88 Å². The van der Waals surface area contributed by atoms with Gasteiger partial charge in [0.2, 0.25) is 0 Å². The molecule has 0 saturated carbocycles. The number of aromatic nitrogens is 1. The quantitative estimate of drug-likeness (QED) is 0.766. The van der Waals surface area contributed by atoms with Crippen LogP contribution in [0, 0.1) is 0 Å². The van der Waals surface area contributed by atoms with E-state index in [0.29, 0.717) is 11.6 Å². The molecule has 0 spiro atoms. The molecule has 2 atom stereocenters. The van der Waals surface area contributed by atoms with Crippen molar-refractivity contribution in [2.24, 2.45) is 0 Å². The highest BCUT2D eigenvalue weighted by Crippen LogP contribution is 2.31. The minimum Gasteiger partial charge on any atom is -0.391 e. The van der Waals surface area contributed by atoms with Gasteiger partial charge in [0.15, 0.2) is 0 Å². The summed E-state index contributed by atoms with van der Waals surface area (Å²) in [5.74, 6) is 0.189. The molecule has 0 aliphatic carbocycles. The highest BCUT2D eigenvalue weighted by Gasteiger charge is 2.29. The molecule has 3 nitrogen and oxygen atoms in total. The van der Waals surface area contributed by atoms with Crippen LogP contribution in [0.1, 0.15) is 23.5 Å². The molecule has 2 heterocycles. The summed E-state index contributed by atoms with van der Waals surface area (Å²) in [6, 6.07) is 16.8. The van der Waals surface area contributed by atoms with Crippen LogP contribution in [0.2, 0.25) is 5.02 Å². The van der Waals surface area contributed by atoms with Gasteiger partial charge in [-0.1, -0.05) is 54.1 Å². The van der Waals surface area contributed by atoms with Crippen LogP contribution in [0.15, 0.2) is 60.9 Å². The predicted molar refractivity (Wildman–Crippen MR) is 102 cm³/mol. The van der Waals surface area contributed by atoms with E-state index in [2.05, 4.69) is 52.3 Å². The summed E-state index contributed by atoms with van der Waals surface area (Å²) in [4.78, 5) is 6.30. The Balaban J connectivity index is 1.48. The molecule has 0 radical (unpaired) electrons. The zero-order valence-corrected chi connectivity index (χ0v) is 14.7. The third-order valence-corrected chi connectivity index (χ3v) is 5.46. The molecular weight excluding hydrogens is 332 g/mol. The van der Waals surface area contributed by atoms with Crippen molar-refractivity contribution in [3.63, 3.8) is 0 Å². The average Bonchev–Trinajstić information content (AvgIpc) is 2.63. The van der Waals surface area contributed by atoms with E-state index < -0.39 is 0 Å². The summed E-state index contributed by atoms with van der Waals surface area (Å²) in [6.45, 7) is 2.37. The molecule has 2 aromatic carbocycles. The van der Waals surface area contributed by atoms with Crippen molar-refractivity contribution in [1.29, 1.82) is 0 Å². The largest absolute Gasteiger partial charge is 0.391 e. The monoisotopic (exact) mass is 352 g/mol. The van der Waals surface area contributed by atoms with E-state index >= 15 is 0 Å². The molecule has 1 aliphatic rings. The van der Waals surface area contributed by atoms with Gasteiger partial charge >= 0.3 is 0 Å².